The van der Waals surface area contributed by atoms with Crippen molar-refractivity contribution in [3.63, 3.8) is 0 Å². The number of carboxylic acid groups (broad SMARTS) is 1. The maximum absolute atomic E-state index is 11.8. The number of ether oxygens (including phenoxy) is 2. The van der Waals surface area contributed by atoms with Crippen LogP contribution in [0, 0.1) is 11.8 Å². The number of hydrogen-bond acceptors (Lipinski definition) is 6. The summed E-state index contributed by atoms with van der Waals surface area (Å²) in [5, 5.41) is 21.3. The van der Waals surface area contributed by atoms with E-state index in [9.17, 15) is 14.7 Å². The number of carboxylic acids is 1. The smallest absolute Gasteiger partial charge is 0.322 e. The van der Waals surface area contributed by atoms with Gasteiger partial charge >= 0.3 is 5.97 Å². The van der Waals surface area contributed by atoms with E-state index in [1.807, 2.05) is 0 Å². The Kier molecular flexibility index (Phi) is 5.68. The van der Waals surface area contributed by atoms with Crippen molar-refractivity contribution in [1.29, 1.82) is 0 Å². The van der Waals surface area contributed by atoms with Crippen LogP contribution in [0.2, 0.25) is 5.02 Å². The number of aromatic nitrogens is 1. The van der Waals surface area contributed by atoms with Gasteiger partial charge in [-0.1, -0.05) is 17.5 Å². The van der Waals surface area contributed by atoms with Gasteiger partial charge in [0, 0.05) is 16.8 Å². The van der Waals surface area contributed by atoms with Gasteiger partial charge in [-0.05, 0) is 36.3 Å². The van der Waals surface area contributed by atoms with E-state index in [0.717, 1.165) is 0 Å². The van der Waals surface area contributed by atoms with Crippen molar-refractivity contribution >= 4 is 23.5 Å². The summed E-state index contributed by atoms with van der Waals surface area (Å²) in [5.74, 6) is 3.99. The molecule has 1 fully saturated rings. The lowest BCUT2D eigenvalue weighted by molar-refractivity contribution is -0.135. The molecular weight excluding hydrogens is 388 g/mol. The zero-order valence-electron chi connectivity index (χ0n) is 14.4. The van der Waals surface area contributed by atoms with E-state index in [1.54, 1.807) is 24.3 Å². The Hall–Kier alpha value is -3.28. The first kappa shape index (κ1) is 19.5. The summed E-state index contributed by atoms with van der Waals surface area (Å²) in [6, 6.07) is 8.12. The summed E-state index contributed by atoms with van der Waals surface area (Å²) < 4.78 is 11.1. The summed E-state index contributed by atoms with van der Waals surface area (Å²) in [5.41, 5.74) is -0.759. The van der Waals surface area contributed by atoms with E-state index in [-0.39, 0.29) is 18.9 Å². The molecular formula is C19H15ClN2O6. The van der Waals surface area contributed by atoms with Crippen molar-refractivity contribution in [3.8, 4) is 23.3 Å². The molecule has 3 rings (SSSR count). The minimum Gasteiger partial charge on any atom is -0.505 e. The number of aromatic hydroxyl groups is 1. The van der Waals surface area contributed by atoms with Crippen LogP contribution in [0.25, 0.3) is 0 Å². The second kappa shape index (κ2) is 8.17. The standard InChI is InChI=1S/C19H15ClN2O6/c20-13-1-3-14(4-2-13)28-19(10-27-11-19)6-5-12-7-15(23)17(21-8-12)18(26)22-9-16(24)25/h1-4,7-8,23H,9-11H2,(H,22,26)(H,24,25). The van der Waals surface area contributed by atoms with Crippen molar-refractivity contribution < 1.29 is 29.3 Å². The van der Waals surface area contributed by atoms with Crippen LogP contribution in [0.5, 0.6) is 11.5 Å². The molecule has 1 aromatic carbocycles. The fraction of sp³-hybridized carbons (Fsp3) is 0.211. The predicted molar refractivity (Wildman–Crippen MR) is 98.4 cm³/mol. The van der Waals surface area contributed by atoms with Gasteiger partial charge in [-0.15, -0.1) is 0 Å². The van der Waals surface area contributed by atoms with Crippen LogP contribution >= 0.6 is 11.6 Å². The minimum absolute atomic E-state index is 0.276. The zero-order valence-corrected chi connectivity index (χ0v) is 15.2. The van der Waals surface area contributed by atoms with Crippen LogP contribution in [0.15, 0.2) is 36.5 Å². The van der Waals surface area contributed by atoms with E-state index in [0.29, 0.717) is 16.3 Å². The Labute approximate surface area is 165 Å². The molecule has 1 amide bonds. The van der Waals surface area contributed by atoms with E-state index >= 15 is 0 Å². The summed E-state index contributed by atoms with van der Waals surface area (Å²) >= 11 is 5.86. The highest BCUT2D eigenvalue weighted by atomic mass is 35.5. The fourth-order valence-electron chi connectivity index (χ4n) is 2.29. The van der Waals surface area contributed by atoms with Gasteiger partial charge in [0.15, 0.2) is 5.69 Å². The average Bonchev–Trinajstić information content (AvgIpc) is 2.63. The zero-order chi connectivity index (χ0) is 20.1. The Balaban J connectivity index is 1.73. The van der Waals surface area contributed by atoms with Crippen LogP contribution in [-0.4, -0.2) is 52.4 Å². The van der Waals surface area contributed by atoms with Crippen molar-refractivity contribution in [2.45, 2.75) is 5.60 Å². The predicted octanol–water partition coefficient (Wildman–Crippen LogP) is 1.45. The van der Waals surface area contributed by atoms with E-state index in [2.05, 4.69) is 22.1 Å². The van der Waals surface area contributed by atoms with Crippen LogP contribution in [0.1, 0.15) is 16.1 Å². The third kappa shape index (κ3) is 4.71. The highest BCUT2D eigenvalue weighted by Gasteiger charge is 2.39. The number of amides is 1. The fourth-order valence-corrected chi connectivity index (χ4v) is 2.42. The maximum atomic E-state index is 11.8. The second-order valence-corrected chi connectivity index (χ2v) is 6.40. The van der Waals surface area contributed by atoms with Gasteiger partial charge < -0.3 is 25.0 Å². The molecule has 0 atom stereocenters. The van der Waals surface area contributed by atoms with Crippen molar-refractivity contribution in [2.24, 2.45) is 0 Å². The normalized spacial score (nSPS) is 14.2. The molecule has 0 radical (unpaired) electrons. The van der Waals surface area contributed by atoms with Crippen LogP contribution in [0.4, 0.5) is 0 Å². The van der Waals surface area contributed by atoms with Gasteiger partial charge in [0.1, 0.15) is 31.3 Å². The second-order valence-electron chi connectivity index (χ2n) is 5.96. The quantitative estimate of drug-likeness (QED) is 0.648. The number of carbonyl (C=O) groups is 2. The Morgan fingerprint density at radius 1 is 1.32 bits per heavy atom. The van der Waals surface area contributed by atoms with Gasteiger partial charge in [-0.3, -0.25) is 9.59 Å². The molecule has 2 aromatic rings. The van der Waals surface area contributed by atoms with Gasteiger partial charge in [-0.25, -0.2) is 4.98 Å². The molecule has 8 nitrogen and oxygen atoms in total. The Morgan fingerprint density at radius 2 is 2.04 bits per heavy atom. The van der Waals surface area contributed by atoms with E-state index in [4.69, 9.17) is 26.2 Å². The summed E-state index contributed by atoms with van der Waals surface area (Å²) in [6.07, 6.45) is 1.30. The molecule has 2 heterocycles. The van der Waals surface area contributed by atoms with Gasteiger partial charge in [0.05, 0.1) is 0 Å². The molecule has 0 spiro atoms. The van der Waals surface area contributed by atoms with Crippen LogP contribution in [0.3, 0.4) is 0 Å². The minimum atomic E-state index is -1.20. The number of carbonyl (C=O) groups excluding carboxylic acids is 1. The largest absolute Gasteiger partial charge is 0.505 e. The molecule has 1 aromatic heterocycles. The first-order valence-electron chi connectivity index (χ1n) is 8.11. The number of hydrogen-bond donors (Lipinski definition) is 3. The molecule has 1 saturated heterocycles. The van der Waals surface area contributed by atoms with Crippen molar-refractivity contribution in [1.82, 2.24) is 10.3 Å². The van der Waals surface area contributed by atoms with E-state index in [1.165, 1.54) is 12.3 Å². The number of nitrogens with zero attached hydrogens (tertiary/aromatic N) is 1. The third-order valence-electron chi connectivity index (χ3n) is 3.71. The van der Waals surface area contributed by atoms with Gasteiger partial charge in [-0.2, -0.15) is 0 Å². The molecule has 28 heavy (non-hydrogen) atoms. The molecule has 1 aliphatic rings. The molecule has 3 N–H and O–H groups in total. The first-order chi connectivity index (χ1) is 13.4. The summed E-state index contributed by atoms with van der Waals surface area (Å²) in [4.78, 5) is 26.1. The van der Waals surface area contributed by atoms with Crippen LogP contribution < -0.4 is 10.1 Å². The van der Waals surface area contributed by atoms with Gasteiger partial charge in [0.25, 0.3) is 5.91 Å². The molecule has 9 heteroatoms. The number of halogens is 1. The SMILES string of the molecule is O=C(O)CNC(=O)c1ncc(C#CC2(Oc3ccc(Cl)cc3)COC2)cc1O. The number of benzene rings is 1. The lowest BCUT2D eigenvalue weighted by Crippen LogP contribution is -2.53. The lowest BCUT2D eigenvalue weighted by Gasteiger charge is -2.36. The highest BCUT2D eigenvalue weighted by Crippen LogP contribution is 2.26. The van der Waals surface area contributed by atoms with Gasteiger partial charge in [0.2, 0.25) is 5.60 Å². The number of aliphatic carboxylic acids is 1. The molecule has 0 bridgehead atoms. The summed E-state index contributed by atoms with van der Waals surface area (Å²) in [7, 11) is 0. The number of pyridine rings is 1. The topological polar surface area (TPSA) is 118 Å². The Morgan fingerprint density at radius 3 is 2.61 bits per heavy atom. The maximum Gasteiger partial charge on any atom is 0.322 e. The van der Waals surface area contributed by atoms with Crippen LogP contribution in [-0.2, 0) is 9.53 Å². The molecule has 0 unspecified atom stereocenters. The monoisotopic (exact) mass is 402 g/mol. The average molecular weight is 403 g/mol. The number of nitrogens with one attached hydrogen (secondary N) is 1. The molecule has 0 saturated carbocycles. The van der Waals surface area contributed by atoms with Crippen molar-refractivity contribution in [3.05, 3.63) is 52.8 Å². The summed E-state index contributed by atoms with van der Waals surface area (Å²) in [6.45, 7) is -0.0263. The number of rotatable bonds is 5. The van der Waals surface area contributed by atoms with E-state index < -0.39 is 29.8 Å². The lowest BCUT2D eigenvalue weighted by atomic mass is 10.0. The molecule has 144 valence electrons. The molecule has 0 aliphatic carbocycles. The third-order valence-corrected chi connectivity index (χ3v) is 3.97. The Bertz CT molecular complexity index is 961. The van der Waals surface area contributed by atoms with Crippen molar-refractivity contribution in [2.75, 3.05) is 19.8 Å². The first-order valence-corrected chi connectivity index (χ1v) is 8.49. The molecule has 1 aliphatic heterocycles. The highest BCUT2D eigenvalue weighted by molar-refractivity contribution is 6.30.